The van der Waals surface area contributed by atoms with E-state index in [0.29, 0.717) is 0 Å². The molecule has 0 saturated carbocycles. The van der Waals surface area contributed by atoms with Gasteiger partial charge in [0.2, 0.25) is 0 Å². The number of benzene rings is 2. The first-order valence-corrected chi connectivity index (χ1v) is 12.1. The van der Waals surface area contributed by atoms with E-state index in [4.69, 9.17) is 0 Å². The summed E-state index contributed by atoms with van der Waals surface area (Å²) in [6.45, 7) is 9.04. The average molecular weight is 437 g/mol. The average Bonchev–Trinajstić information content (AvgIpc) is 2.85. The van der Waals surface area contributed by atoms with E-state index in [9.17, 15) is 5.11 Å². The standard InChI is InChI=1S/C27H40N4O/c1-4-27(5-2,24-9-7-6-8-10-24)21-30-26(28-3)29-19-22-11-13-23(14-12-22)20-31-17-15-25(32)16-18-31/h6-14,25,32H,4-5,15-21H2,1-3H3,(H2,28,29,30). The lowest BCUT2D eigenvalue weighted by Crippen LogP contribution is -2.45. The van der Waals surface area contributed by atoms with Crippen LogP contribution in [0.5, 0.6) is 0 Å². The van der Waals surface area contributed by atoms with Crippen molar-refractivity contribution in [2.45, 2.75) is 64.1 Å². The first kappa shape index (κ1) is 24.3. The zero-order valence-corrected chi connectivity index (χ0v) is 20.0. The lowest BCUT2D eigenvalue weighted by Gasteiger charge is -2.33. The van der Waals surface area contributed by atoms with Crippen LogP contribution in [0.25, 0.3) is 0 Å². The van der Waals surface area contributed by atoms with Crippen molar-refractivity contribution in [3.63, 3.8) is 0 Å². The van der Waals surface area contributed by atoms with Crippen molar-refractivity contribution in [2.24, 2.45) is 4.99 Å². The molecular weight excluding hydrogens is 396 g/mol. The second-order valence-electron chi connectivity index (χ2n) is 8.96. The van der Waals surface area contributed by atoms with Crippen LogP contribution in [-0.2, 0) is 18.5 Å². The highest BCUT2D eigenvalue weighted by Crippen LogP contribution is 2.30. The second-order valence-corrected chi connectivity index (χ2v) is 8.96. The quantitative estimate of drug-likeness (QED) is 0.410. The molecule has 1 fully saturated rings. The molecule has 2 aromatic carbocycles. The van der Waals surface area contributed by atoms with Crippen molar-refractivity contribution >= 4 is 5.96 Å². The van der Waals surface area contributed by atoms with Gasteiger partial charge in [-0.25, -0.2) is 0 Å². The Balaban J connectivity index is 1.50. The number of aliphatic imine (C=N–C) groups is 1. The Hall–Kier alpha value is -2.37. The van der Waals surface area contributed by atoms with E-state index in [1.165, 1.54) is 16.7 Å². The van der Waals surface area contributed by atoms with Crippen LogP contribution in [-0.4, -0.2) is 48.8 Å². The molecule has 0 atom stereocenters. The lowest BCUT2D eigenvalue weighted by atomic mass is 9.76. The Morgan fingerprint density at radius 1 is 0.969 bits per heavy atom. The molecule has 5 heteroatoms. The van der Waals surface area contributed by atoms with Crippen molar-refractivity contribution in [1.29, 1.82) is 0 Å². The molecule has 3 N–H and O–H groups in total. The molecule has 1 saturated heterocycles. The van der Waals surface area contributed by atoms with Crippen LogP contribution in [0, 0.1) is 0 Å². The fraction of sp³-hybridized carbons (Fsp3) is 0.519. The second kappa shape index (κ2) is 12.0. The van der Waals surface area contributed by atoms with Crippen LogP contribution in [0.2, 0.25) is 0 Å². The van der Waals surface area contributed by atoms with Gasteiger partial charge in [-0.2, -0.15) is 0 Å². The van der Waals surface area contributed by atoms with Gasteiger partial charge < -0.3 is 15.7 Å². The summed E-state index contributed by atoms with van der Waals surface area (Å²) in [7, 11) is 1.83. The van der Waals surface area contributed by atoms with Gasteiger partial charge in [0, 0.05) is 45.2 Å². The van der Waals surface area contributed by atoms with E-state index < -0.39 is 0 Å². The Labute approximate surface area is 194 Å². The number of nitrogens with zero attached hydrogens (tertiary/aromatic N) is 2. The fourth-order valence-corrected chi connectivity index (χ4v) is 4.56. The largest absolute Gasteiger partial charge is 0.393 e. The minimum atomic E-state index is -0.116. The van der Waals surface area contributed by atoms with E-state index in [1.807, 2.05) is 7.05 Å². The highest BCUT2D eigenvalue weighted by Gasteiger charge is 2.28. The van der Waals surface area contributed by atoms with Crippen LogP contribution >= 0.6 is 0 Å². The predicted molar refractivity (Wildman–Crippen MR) is 134 cm³/mol. The maximum Gasteiger partial charge on any atom is 0.191 e. The molecule has 0 amide bonds. The number of aliphatic hydroxyl groups excluding tert-OH is 1. The zero-order valence-electron chi connectivity index (χ0n) is 20.0. The first-order valence-electron chi connectivity index (χ1n) is 12.1. The van der Waals surface area contributed by atoms with Gasteiger partial charge in [0.05, 0.1) is 6.10 Å². The molecular formula is C27H40N4O. The summed E-state index contributed by atoms with van der Waals surface area (Å²) in [4.78, 5) is 6.86. The van der Waals surface area contributed by atoms with Gasteiger partial charge in [0.15, 0.2) is 5.96 Å². The molecule has 0 bridgehead atoms. The number of piperidine rings is 1. The molecule has 0 spiro atoms. The predicted octanol–water partition coefficient (Wildman–Crippen LogP) is 4.07. The third kappa shape index (κ3) is 6.57. The van der Waals surface area contributed by atoms with Gasteiger partial charge in [-0.1, -0.05) is 68.4 Å². The van der Waals surface area contributed by atoms with Crippen molar-refractivity contribution in [1.82, 2.24) is 15.5 Å². The number of aliphatic hydroxyl groups is 1. The SMILES string of the molecule is CCC(CC)(CNC(=NC)NCc1ccc(CN2CCC(O)CC2)cc1)c1ccccc1. The zero-order chi connectivity index (χ0) is 22.8. The van der Waals surface area contributed by atoms with Gasteiger partial charge >= 0.3 is 0 Å². The molecule has 1 aliphatic rings. The van der Waals surface area contributed by atoms with Crippen LogP contribution in [0.15, 0.2) is 59.6 Å². The number of hydrogen-bond acceptors (Lipinski definition) is 3. The highest BCUT2D eigenvalue weighted by atomic mass is 16.3. The maximum atomic E-state index is 9.67. The van der Waals surface area contributed by atoms with Gasteiger partial charge in [0.1, 0.15) is 0 Å². The molecule has 32 heavy (non-hydrogen) atoms. The van der Waals surface area contributed by atoms with Crippen molar-refractivity contribution in [3.05, 3.63) is 71.3 Å². The highest BCUT2D eigenvalue weighted by molar-refractivity contribution is 5.79. The molecule has 2 aromatic rings. The van der Waals surface area contributed by atoms with Gasteiger partial charge in [0.25, 0.3) is 0 Å². The van der Waals surface area contributed by atoms with Crippen LogP contribution in [0.4, 0.5) is 0 Å². The molecule has 174 valence electrons. The number of guanidine groups is 1. The molecule has 0 aromatic heterocycles. The third-order valence-corrected chi connectivity index (χ3v) is 7.00. The Bertz CT molecular complexity index is 822. The minimum absolute atomic E-state index is 0.102. The molecule has 0 unspecified atom stereocenters. The summed E-state index contributed by atoms with van der Waals surface area (Å²) >= 11 is 0. The first-order chi connectivity index (χ1) is 15.6. The number of nitrogens with one attached hydrogen (secondary N) is 2. The Kier molecular flexibility index (Phi) is 9.12. The Morgan fingerprint density at radius 2 is 1.59 bits per heavy atom. The summed E-state index contributed by atoms with van der Waals surface area (Å²) in [5.74, 6) is 0.836. The molecule has 1 aliphatic heterocycles. The number of rotatable bonds is 9. The number of hydrogen-bond donors (Lipinski definition) is 3. The smallest absolute Gasteiger partial charge is 0.191 e. The fourth-order valence-electron chi connectivity index (χ4n) is 4.56. The minimum Gasteiger partial charge on any atom is -0.393 e. The van der Waals surface area contributed by atoms with Crippen LogP contribution in [0.1, 0.15) is 56.2 Å². The molecule has 0 aliphatic carbocycles. The van der Waals surface area contributed by atoms with Crippen molar-refractivity contribution < 1.29 is 5.11 Å². The van der Waals surface area contributed by atoms with E-state index in [0.717, 1.165) is 64.4 Å². The van der Waals surface area contributed by atoms with Crippen LogP contribution < -0.4 is 10.6 Å². The van der Waals surface area contributed by atoms with Crippen molar-refractivity contribution in [2.75, 3.05) is 26.7 Å². The number of likely N-dealkylation sites (tertiary alicyclic amines) is 1. The van der Waals surface area contributed by atoms with E-state index in [2.05, 4.69) is 89.0 Å². The summed E-state index contributed by atoms with van der Waals surface area (Å²) < 4.78 is 0. The summed E-state index contributed by atoms with van der Waals surface area (Å²) in [5, 5.41) is 16.7. The topological polar surface area (TPSA) is 59.9 Å². The third-order valence-electron chi connectivity index (χ3n) is 7.00. The van der Waals surface area contributed by atoms with Gasteiger partial charge in [-0.05, 0) is 42.4 Å². The van der Waals surface area contributed by atoms with E-state index >= 15 is 0 Å². The lowest BCUT2D eigenvalue weighted by molar-refractivity contribution is 0.0792. The van der Waals surface area contributed by atoms with Gasteiger partial charge in [-0.3, -0.25) is 9.89 Å². The van der Waals surface area contributed by atoms with Crippen LogP contribution in [0.3, 0.4) is 0 Å². The summed E-state index contributed by atoms with van der Waals surface area (Å²) in [6, 6.07) is 19.6. The summed E-state index contributed by atoms with van der Waals surface area (Å²) in [5.41, 5.74) is 4.05. The summed E-state index contributed by atoms with van der Waals surface area (Å²) in [6.07, 6.45) is 3.81. The Morgan fingerprint density at radius 3 is 2.19 bits per heavy atom. The van der Waals surface area contributed by atoms with E-state index in [-0.39, 0.29) is 11.5 Å². The molecule has 5 nitrogen and oxygen atoms in total. The van der Waals surface area contributed by atoms with Crippen molar-refractivity contribution in [3.8, 4) is 0 Å². The monoisotopic (exact) mass is 436 g/mol. The molecule has 1 heterocycles. The normalized spacial score (nSPS) is 16.2. The maximum absolute atomic E-state index is 9.67. The van der Waals surface area contributed by atoms with E-state index in [1.54, 1.807) is 0 Å². The molecule has 0 radical (unpaired) electrons. The van der Waals surface area contributed by atoms with Gasteiger partial charge in [-0.15, -0.1) is 0 Å². The molecule has 3 rings (SSSR count).